The van der Waals surface area contributed by atoms with Crippen LogP contribution in [0.2, 0.25) is 0 Å². The molecule has 0 heterocycles. The van der Waals surface area contributed by atoms with E-state index < -0.39 is 0 Å². The number of amides is 1. The highest BCUT2D eigenvalue weighted by Crippen LogP contribution is 1.91. The van der Waals surface area contributed by atoms with Crippen LogP contribution in [-0.2, 0) is 14.4 Å². The molecule has 0 saturated heterocycles. The lowest BCUT2D eigenvalue weighted by Crippen LogP contribution is -2.37. The van der Waals surface area contributed by atoms with Gasteiger partial charge in [0.15, 0.2) is 5.78 Å². The first-order chi connectivity index (χ1) is 6.31. The Hall–Kier alpha value is -1.19. The topological polar surface area (TPSA) is 63.2 Å². The number of ketones is 2. The molecule has 0 aliphatic carbocycles. The number of Topliss-reactive ketones (excluding diaryl/α,β-unsaturated/α-hetero) is 2. The van der Waals surface area contributed by atoms with Crippen molar-refractivity contribution in [3.8, 4) is 0 Å². The van der Waals surface area contributed by atoms with Crippen molar-refractivity contribution in [1.29, 1.82) is 0 Å². The van der Waals surface area contributed by atoms with Crippen LogP contribution in [0.4, 0.5) is 0 Å². The van der Waals surface area contributed by atoms with Gasteiger partial charge in [-0.05, 0) is 27.2 Å². The lowest BCUT2D eigenvalue weighted by atomic mass is 10.1. The molecule has 0 bridgehead atoms. The Morgan fingerprint density at radius 1 is 1.07 bits per heavy atom. The average Bonchev–Trinajstić information content (AvgIpc) is 1.98. The van der Waals surface area contributed by atoms with Gasteiger partial charge in [0.2, 0.25) is 5.91 Å². The summed E-state index contributed by atoms with van der Waals surface area (Å²) in [5.41, 5.74) is 0. The van der Waals surface area contributed by atoms with Crippen LogP contribution >= 0.6 is 0 Å². The van der Waals surface area contributed by atoms with Crippen molar-refractivity contribution >= 4 is 17.5 Å². The molecule has 1 N–H and O–H groups in total. The summed E-state index contributed by atoms with van der Waals surface area (Å²) in [5.74, 6) is 0.0275. The zero-order valence-corrected chi connectivity index (χ0v) is 9.51. The smallest absolute Gasteiger partial charge is 0.217 e. The monoisotopic (exact) mass is 201 g/mol. The minimum absolute atomic E-state index is 0.0118. The molecule has 4 nitrogen and oxygen atoms in total. The molecule has 0 aliphatic rings. The zero-order valence-electron chi connectivity index (χ0n) is 9.51. The molecule has 0 saturated carbocycles. The Bertz CT molecular complexity index is 207. The number of carbonyl (C=O) groups excluding carboxylic acids is 3. The highest BCUT2D eigenvalue weighted by molar-refractivity contribution is 5.86. The normalized spacial score (nSPS) is 10.6. The van der Waals surface area contributed by atoms with Crippen LogP contribution in [0.15, 0.2) is 0 Å². The van der Waals surface area contributed by atoms with Crippen LogP contribution in [0.1, 0.15) is 41.0 Å². The van der Waals surface area contributed by atoms with Gasteiger partial charge >= 0.3 is 0 Å². The summed E-state index contributed by atoms with van der Waals surface area (Å²) in [6.45, 7) is 7.80. The third kappa shape index (κ3) is 13.4. The number of nitrogens with one attached hydrogen (secondary N) is 1. The number of rotatable bonds is 3. The van der Waals surface area contributed by atoms with Gasteiger partial charge in [-0.1, -0.05) is 6.92 Å². The summed E-state index contributed by atoms with van der Waals surface area (Å²) in [5, 5.41) is 2.54. The molecule has 14 heavy (non-hydrogen) atoms. The molecular formula is C10H19NO3. The van der Waals surface area contributed by atoms with E-state index in [0.717, 1.165) is 0 Å². The number of hydrogen-bond acceptors (Lipinski definition) is 3. The third-order valence-corrected chi connectivity index (χ3v) is 1.28. The van der Waals surface area contributed by atoms with Gasteiger partial charge in [0, 0.05) is 6.92 Å². The van der Waals surface area contributed by atoms with Crippen LogP contribution in [0.3, 0.4) is 0 Å². The summed E-state index contributed by atoms with van der Waals surface area (Å²) in [4.78, 5) is 30.6. The van der Waals surface area contributed by atoms with Crippen molar-refractivity contribution in [2.75, 3.05) is 0 Å². The Kier molecular flexibility index (Phi) is 9.18. The van der Waals surface area contributed by atoms with Crippen molar-refractivity contribution in [3.05, 3.63) is 0 Å². The molecule has 0 spiro atoms. The quantitative estimate of drug-likeness (QED) is 0.743. The molecule has 82 valence electrons. The van der Waals surface area contributed by atoms with E-state index >= 15 is 0 Å². The lowest BCUT2D eigenvalue weighted by Gasteiger charge is -2.10. The second-order valence-corrected chi connectivity index (χ2v) is 3.18. The molecule has 0 radical (unpaired) electrons. The number of carbonyl (C=O) groups is 3. The van der Waals surface area contributed by atoms with E-state index in [1.54, 1.807) is 0 Å². The van der Waals surface area contributed by atoms with E-state index in [2.05, 4.69) is 5.32 Å². The van der Waals surface area contributed by atoms with Gasteiger partial charge in [0.25, 0.3) is 0 Å². The molecular weight excluding hydrogens is 182 g/mol. The average molecular weight is 201 g/mol. The summed E-state index contributed by atoms with van der Waals surface area (Å²) < 4.78 is 0. The minimum atomic E-state index is -0.294. The molecule has 1 atom stereocenters. The van der Waals surface area contributed by atoms with Crippen LogP contribution < -0.4 is 5.32 Å². The fraction of sp³-hybridized carbons (Fsp3) is 0.700. The molecule has 1 unspecified atom stereocenters. The minimum Gasteiger partial charge on any atom is -0.347 e. The molecule has 0 rings (SSSR count). The second kappa shape index (κ2) is 8.41. The predicted molar refractivity (Wildman–Crippen MR) is 54.9 cm³/mol. The third-order valence-electron chi connectivity index (χ3n) is 1.28. The highest BCUT2D eigenvalue weighted by atomic mass is 16.2. The molecule has 0 aromatic rings. The molecule has 0 aliphatic heterocycles. The summed E-state index contributed by atoms with van der Waals surface area (Å²) in [6.07, 6.45) is 0.662. The van der Waals surface area contributed by atoms with Crippen LogP contribution in [0, 0.1) is 0 Å². The Morgan fingerprint density at radius 3 is 1.50 bits per heavy atom. The summed E-state index contributed by atoms with van der Waals surface area (Å²) in [6, 6.07) is -0.294. The summed E-state index contributed by atoms with van der Waals surface area (Å²) in [7, 11) is 0. The van der Waals surface area contributed by atoms with Crippen LogP contribution in [0.5, 0.6) is 0 Å². The van der Waals surface area contributed by atoms with E-state index in [-0.39, 0.29) is 23.5 Å². The molecule has 0 aromatic carbocycles. The maximum absolute atomic E-state index is 10.7. The molecule has 0 fully saturated rings. The van der Waals surface area contributed by atoms with Crippen LogP contribution in [-0.4, -0.2) is 23.5 Å². The second-order valence-electron chi connectivity index (χ2n) is 3.18. The SMILES string of the molecule is CC(C)=O.CCC(NC(C)=O)C(C)=O. The Labute approximate surface area is 85.1 Å². The van der Waals surface area contributed by atoms with E-state index in [9.17, 15) is 14.4 Å². The predicted octanol–water partition coefficient (Wildman–Crippen LogP) is 1.09. The van der Waals surface area contributed by atoms with E-state index in [1.807, 2.05) is 6.92 Å². The van der Waals surface area contributed by atoms with E-state index in [1.165, 1.54) is 27.7 Å². The Balaban J connectivity index is 0. The van der Waals surface area contributed by atoms with Crippen molar-refractivity contribution in [1.82, 2.24) is 5.32 Å². The fourth-order valence-corrected chi connectivity index (χ4v) is 0.737. The first-order valence-corrected chi connectivity index (χ1v) is 4.56. The maximum atomic E-state index is 10.7. The summed E-state index contributed by atoms with van der Waals surface area (Å²) >= 11 is 0. The van der Waals surface area contributed by atoms with Gasteiger partial charge in [-0.3, -0.25) is 9.59 Å². The fourth-order valence-electron chi connectivity index (χ4n) is 0.737. The van der Waals surface area contributed by atoms with Crippen molar-refractivity contribution in [3.63, 3.8) is 0 Å². The van der Waals surface area contributed by atoms with Gasteiger partial charge in [-0.15, -0.1) is 0 Å². The van der Waals surface area contributed by atoms with Gasteiger partial charge in [-0.2, -0.15) is 0 Å². The first-order valence-electron chi connectivity index (χ1n) is 4.56. The van der Waals surface area contributed by atoms with E-state index in [0.29, 0.717) is 6.42 Å². The van der Waals surface area contributed by atoms with Gasteiger partial charge in [-0.25, -0.2) is 0 Å². The molecule has 0 aromatic heterocycles. The lowest BCUT2D eigenvalue weighted by molar-refractivity contribution is -0.125. The zero-order chi connectivity index (χ0) is 11.7. The van der Waals surface area contributed by atoms with Crippen LogP contribution in [0.25, 0.3) is 0 Å². The highest BCUT2D eigenvalue weighted by Gasteiger charge is 2.10. The molecule has 4 heteroatoms. The standard InChI is InChI=1S/C7H13NO2.C3H6O/c1-4-7(5(2)9)8-6(3)10;1-3(2)4/h7H,4H2,1-3H3,(H,8,10);1-2H3. The van der Waals surface area contributed by atoms with E-state index in [4.69, 9.17) is 0 Å². The van der Waals surface area contributed by atoms with Crippen molar-refractivity contribution in [2.24, 2.45) is 0 Å². The van der Waals surface area contributed by atoms with Crippen molar-refractivity contribution < 1.29 is 14.4 Å². The number of hydrogen-bond donors (Lipinski definition) is 1. The van der Waals surface area contributed by atoms with Crippen molar-refractivity contribution in [2.45, 2.75) is 47.1 Å². The van der Waals surface area contributed by atoms with Gasteiger partial charge in [0.1, 0.15) is 5.78 Å². The first kappa shape index (κ1) is 15.3. The Morgan fingerprint density at radius 2 is 1.43 bits per heavy atom. The van der Waals surface area contributed by atoms with Gasteiger partial charge < -0.3 is 10.1 Å². The molecule has 1 amide bonds. The maximum Gasteiger partial charge on any atom is 0.217 e. The largest absolute Gasteiger partial charge is 0.347 e. The van der Waals surface area contributed by atoms with Gasteiger partial charge in [0.05, 0.1) is 6.04 Å².